The topological polar surface area (TPSA) is 72.8 Å². The van der Waals surface area contributed by atoms with E-state index in [4.69, 9.17) is 9.47 Å². The molecule has 0 fully saturated rings. The summed E-state index contributed by atoms with van der Waals surface area (Å²) in [5.74, 6) is -0.676. The van der Waals surface area contributed by atoms with Crippen molar-refractivity contribution in [2.24, 2.45) is 0 Å². The lowest BCUT2D eigenvalue weighted by molar-refractivity contribution is -0.161. The van der Waals surface area contributed by atoms with Crippen LogP contribution in [0.1, 0.15) is 142 Å². The molecule has 0 radical (unpaired) electrons. The normalized spacial score (nSPS) is 12.9. The van der Waals surface area contributed by atoms with Gasteiger partial charge in [-0.3, -0.25) is 9.59 Å². The summed E-state index contributed by atoms with van der Waals surface area (Å²) < 4.78 is 10.5. The molecule has 0 aromatic rings. The monoisotopic (exact) mass is 586 g/mol. The van der Waals surface area contributed by atoms with Crippen LogP contribution in [-0.4, -0.2) is 36.4 Å². The predicted octanol–water partition coefficient (Wildman–Crippen LogP) is 10.1. The first kappa shape index (κ1) is 39.6. The molecule has 0 unspecified atom stereocenters. The van der Waals surface area contributed by atoms with Crippen LogP contribution in [0.2, 0.25) is 0 Å². The minimum Gasteiger partial charge on any atom is -0.462 e. The number of carbonyl (C=O) groups is 2. The lowest BCUT2D eigenvalue weighted by Gasteiger charge is -2.15. The largest absolute Gasteiger partial charge is 0.462 e. The number of hydrogen-bond acceptors (Lipinski definition) is 5. The van der Waals surface area contributed by atoms with Gasteiger partial charge in [-0.05, 0) is 70.6 Å². The SMILES string of the molecule is CCCC/C=C\CCCCCCCC(=O)OC[C@H](CO)OC(=O)CCC/C=C\C/C=C\C/C=C\C/C=C\CCCCC. The summed E-state index contributed by atoms with van der Waals surface area (Å²) in [5.41, 5.74) is 0. The number of hydrogen-bond donors (Lipinski definition) is 1. The van der Waals surface area contributed by atoms with Gasteiger partial charge in [-0.25, -0.2) is 0 Å². The zero-order valence-corrected chi connectivity index (χ0v) is 27.0. The molecule has 42 heavy (non-hydrogen) atoms. The van der Waals surface area contributed by atoms with Gasteiger partial charge < -0.3 is 14.6 Å². The van der Waals surface area contributed by atoms with Crippen molar-refractivity contribution in [3.8, 4) is 0 Å². The van der Waals surface area contributed by atoms with E-state index in [1.165, 1.54) is 57.8 Å². The zero-order valence-electron chi connectivity index (χ0n) is 27.0. The van der Waals surface area contributed by atoms with Crippen molar-refractivity contribution >= 4 is 11.9 Å². The van der Waals surface area contributed by atoms with Crippen LogP contribution in [0, 0.1) is 0 Å². The van der Waals surface area contributed by atoms with E-state index >= 15 is 0 Å². The van der Waals surface area contributed by atoms with Crippen molar-refractivity contribution in [3.63, 3.8) is 0 Å². The molecule has 1 N–H and O–H groups in total. The van der Waals surface area contributed by atoms with Crippen molar-refractivity contribution in [3.05, 3.63) is 60.8 Å². The van der Waals surface area contributed by atoms with Crippen LogP contribution in [0.5, 0.6) is 0 Å². The number of carbonyl (C=O) groups excluding carboxylic acids is 2. The van der Waals surface area contributed by atoms with Crippen molar-refractivity contribution in [2.45, 2.75) is 148 Å². The highest BCUT2D eigenvalue weighted by Crippen LogP contribution is 2.10. The molecule has 0 aliphatic rings. The molecule has 0 bridgehead atoms. The molecule has 0 saturated carbocycles. The maximum absolute atomic E-state index is 12.1. The molecule has 0 rings (SSSR count). The number of ether oxygens (including phenoxy) is 2. The second-order valence-corrected chi connectivity index (χ2v) is 10.9. The molecule has 0 amide bonds. The summed E-state index contributed by atoms with van der Waals surface area (Å²) in [6, 6.07) is 0. The fourth-order valence-electron chi connectivity index (χ4n) is 4.17. The second-order valence-electron chi connectivity index (χ2n) is 10.9. The molecule has 0 aromatic carbocycles. The van der Waals surface area contributed by atoms with Crippen molar-refractivity contribution in [1.82, 2.24) is 0 Å². The summed E-state index contributed by atoms with van der Waals surface area (Å²) >= 11 is 0. The summed E-state index contributed by atoms with van der Waals surface area (Å²) in [4.78, 5) is 24.1. The van der Waals surface area contributed by atoms with Gasteiger partial charge in [-0.15, -0.1) is 0 Å². The first-order chi connectivity index (χ1) is 20.6. The zero-order chi connectivity index (χ0) is 30.8. The van der Waals surface area contributed by atoms with Gasteiger partial charge in [-0.1, -0.05) is 120 Å². The molecule has 0 spiro atoms. The van der Waals surface area contributed by atoms with Crippen LogP contribution < -0.4 is 0 Å². The number of aliphatic hydroxyl groups is 1. The van der Waals surface area contributed by atoms with Gasteiger partial charge in [0.1, 0.15) is 6.61 Å². The highest BCUT2D eigenvalue weighted by Gasteiger charge is 2.15. The van der Waals surface area contributed by atoms with Crippen LogP contribution in [-0.2, 0) is 19.1 Å². The molecule has 240 valence electrons. The van der Waals surface area contributed by atoms with Crippen LogP contribution in [0.25, 0.3) is 0 Å². The van der Waals surface area contributed by atoms with Gasteiger partial charge in [0.05, 0.1) is 6.61 Å². The molecule has 5 heteroatoms. The van der Waals surface area contributed by atoms with Gasteiger partial charge in [0.15, 0.2) is 6.10 Å². The lowest BCUT2D eigenvalue weighted by atomic mass is 10.1. The Hall–Kier alpha value is -2.40. The Kier molecular flexibility index (Phi) is 31.2. The van der Waals surface area contributed by atoms with E-state index in [1.807, 2.05) is 0 Å². The van der Waals surface area contributed by atoms with Gasteiger partial charge >= 0.3 is 11.9 Å². The Morgan fingerprint density at radius 2 is 1.00 bits per heavy atom. The van der Waals surface area contributed by atoms with Gasteiger partial charge in [-0.2, -0.15) is 0 Å². The van der Waals surface area contributed by atoms with Gasteiger partial charge in [0.25, 0.3) is 0 Å². The van der Waals surface area contributed by atoms with E-state index in [9.17, 15) is 14.7 Å². The summed E-state index contributed by atoms with van der Waals surface area (Å²) in [7, 11) is 0. The van der Waals surface area contributed by atoms with Gasteiger partial charge in [0, 0.05) is 12.8 Å². The van der Waals surface area contributed by atoms with E-state index < -0.39 is 6.10 Å². The molecule has 0 saturated heterocycles. The Bertz CT molecular complexity index is 762. The average molecular weight is 587 g/mol. The fourth-order valence-corrected chi connectivity index (χ4v) is 4.17. The molecule has 5 nitrogen and oxygen atoms in total. The van der Waals surface area contributed by atoms with Crippen molar-refractivity contribution < 1.29 is 24.2 Å². The number of unbranched alkanes of at least 4 members (excludes halogenated alkanes) is 11. The minimum atomic E-state index is -0.802. The van der Waals surface area contributed by atoms with E-state index in [-0.39, 0.29) is 31.6 Å². The molecular weight excluding hydrogens is 524 g/mol. The summed E-state index contributed by atoms with van der Waals surface area (Å²) in [6.07, 6.45) is 41.3. The Labute approximate surface area is 258 Å². The second kappa shape index (κ2) is 33.1. The number of rotatable bonds is 29. The van der Waals surface area contributed by atoms with E-state index in [0.29, 0.717) is 12.8 Å². The maximum atomic E-state index is 12.1. The minimum absolute atomic E-state index is 0.0946. The number of aliphatic hydroxyl groups excluding tert-OH is 1. The third-order valence-electron chi connectivity index (χ3n) is 6.78. The molecule has 0 aromatic heterocycles. The lowest BCUT2D eigenvalue weighted by Crippen LogP contribution is -2.28. The number of esters is 2. The van der Waals surface area contributed by atoms with Crippen LogP contribution in [0.4, 0.5) is 0 Å². The van der Waals surface area contributed by atoms with Gasteiger partial charge in [0.2, 0.25) is 0 Å². The van der Waals surface area contributed by atoms with Crippen LogP contribution in [0.15, 0.2) is 60.8 Å². The Morgan fingerprint density at radius 3 is 1.60 bits per heavy atom. The summed E-state index contributed by atoms with van der Waals surface area (Å²) in [6.45, 7) is 3.99. The van der Waals surface area contributed by atoms with E-state index in [0.717, 1.165) is 51.4 Å². The van der Waals surface area contributed by atoms with Crippen molar-refractivity contribution in [2.75, 3.05) is 13.2 Å². The number of allylic oxidation sites excluding steroid dienone is 10. The quantitative estimate of drug-likeness (QED) is 0.0536. The highest BCUT2D eigenvalue weighted by atomic mass is 16.6. The third kappa shape index (κ3) is 30.6. The third-order valence-corrected chi connectivity index (χ3v) is 6.78. The highest BCUT2D eigenvalue weighted by molar-refractivity contribution is 5.70. The first-order valence-corrected chi connectivity index (χ1v) is 16.8. The van der Waals surface area contributed by atoms with Crippen LogP contribution in [0.3, 0.4) is 0 Å². The maximum Gasteiger partial charge on any atom is 0.306 e. The predicted molar refractivity (Wildman–Crippen MR) is 177 cm³/mol. The first-order valence-electron chi connectivity index (χ1n) is 16.8. The molecule has 0 aliphatic heterocycles. The van der Waals surface area contributed by atoms with Crippen LogP contribution >= 0.6 is 0 Å². The standard InChI is InChI=1S/C37H62O5/c1-3-5-7-9-11-13-15-16-17-18-19-20-22-24-26-28-30-32-37(40)42-35(33-38)34-41-36(39)31-29-27-25-23-21-14-12-10-8-6-4-2/h10-13,16-17,19-20,24,26,35,38H,3-9,14-15,18,21-23,25,27-34H2,1-2H3/b12-10-,13-11-,17-16-,20-19-,26-24-/t35-/m0/s1. The smallest absolute Gasteiger partial charge is 0.306 e. The Morgan fingerprint density at radius 1 is 0.548 bits per heavy atom. The Balaban J connectivity index is 3.74. The van der Waals surface area contributed by atoms with E-state index in [2.05, 4.69) is 74.6 Å². The molecular formula is C37H62O5. The average Bonchev–Trinajstić information content (AvgIpc) is 2.99. The molecule has 0 aliphatic carbocycles. The molecule has 0 heterocycles. The van der Waals surface area contributed by atoms with Crippen molar-refractivity contribution in [1.29, 1.82) is 0 Å². The molecule has 1 atom stereocenters. The fraction of sp³-hybridized carbons (Fsp3) is 0.676. The summed E-state index contributed by atoms with van der Waals surface area (Å²) in [5, 5.41) is 9.49. The van der Waals surface area contributed by atoms with E-state index in [1.54, 1.807) is 0 Å².